The van der Waals surface area contributed by atoms with E-state index in [0.29, 0.717) is 12.2 Å². The molecule has 1 fully saturated rings. The number of hydrogen-bond acceptors (Lipinski definition) is 9. The summed E-state index contributed by atoms with van der Waals surface area (Å²) in [7, 11) is 0. The topological polar surface area (TPSA) is 114 Å². The Hall–Kier alpha value is -2.26. The molecule has 2 aromatic heterocycles. The number of nitrogens with two attached hydrogens (primary N) is 1. The molecule has 1 aliphatic rings. The van der Waals surface area contributed by atoms with Crippen molar-refractivity contribution in [2.45, 2.75) is 51.4 Å². The molecule has 3 heterocycles. The van der Waals surface area contributed by atoms with Crippen LogP contribution < -0.4 is 5.73 Å². The van der Waals surface area contributed by atoms with Gasteiger partial charge >= 0.3 is 11.9 Å². The number of anilines is 1. The summed E-state index contributed by atoms with van der Waals surface area (Å²) in [6.07, 6.45) is 1.12. The first-order chi connectivity index (χ1) is 12.5. The van der Waals surface area contributed by atoms with Crippen molar-refractivity contribution in [3.8, 4) is 0 Å². The number of nitrogen functional groups attached to an aromatic ring is 1. The van der Waals surface area contributed by atoms with Crippen molar-refractivity contribution in [1.29, 1.82) is 0 Å². The second-order valence-corrected chi connectivity index (χ2v) is 6.82. The molecule has 0 amide bonds. The summed E-state index contributed by atoms with van der Waals surface area (Å²) in [5, 5.41) is 1.93. The van der Waals surface area contributed by atoms with Gasteiger partial charge in [0.15, 0.2) is 0 Å². The number of rotatable bonds is 6. The van der Waals surface area contributed by atoms with E-state index < -0.39 is 12.2 Å². The Bertz CT molecular complexity index is 809. The summed E-state index contributed by atoms with van der Waals surface area (Å²) in [6.45, 7) is 3.49. The van der Waals surface area contributed by atoms with Crippen molar-refractivity contribution in [2.24, 2.45) is 0 Å². The van der Waals surface area contributed by atoms with Crippen LogP contribution in [-0.2, 0) is 23.8 Å². The van der Waals surface area contributed by atoms with Gasteiger partial charge in [0.05, 0.1) is 16.3 Å². The summed E-state index contributed by atoms with van der Waals surface area (Å²) >= 11 is 1.45. The average Bonchev–Trinajstić information content (AvgIpc) is 3.24. The van der Waals surface area contributed by atoms with Gasteiger partial charge in [0.25, 0.3) is 0 Å². The van der Waals surface area contributed by atoms with Crippen LogP contribution in [0.5, 0.6) is 0 Å². The normalized spacial score (nSPS) is 22.5. The molecule has 26 heavy (non-hydrogen) atoms. The number of carbonyl (C=O) groups excluding carboxylic acids is 2. The highest BCUT2D eigenvalue weighted by atomic mass is 32.1. The minimum absolute atomic E-state index is 0.0457. The maximum atomic E-state index is 11.7. The van der Waals surface area contributed by atoms with Crippen LogP contribution in [0.3, 0.4) is 0 Å². The minimum Gasteiger partial charge on any atom is -0.463 e. The fraction of sp³-hybridized carbons (Fsp3) is 0.529. The first-order valence-corrected chi connectivity index (χ1v) is 9.39. The van der Waals surface area contributed by atoms with Crippen molar-refractivity contribution in [2.75, 3.05) is 12.3 Å². The first kappa shape index (κ1) is 18.5. The second-order valence-electron chi connectivity index (χ2n) is 5.94. The lowest BCUT2D eigenvalue weighted by molar-refractivity contribution is -0.157. The largest absolute Gasteiger partial charge is 0.463 e. The van der Waals surface area contributed by atoms with Gasteiger partial charge in [-0.15, -0.1) is 11.3 Å². The molecule has 0 spiro atoms. The van der Waals surface area contributed by atoms with E-state index >= 15 is 0 Å². The standard InChI is InChI=1S/C17H21N3O5S/c1-3-13(21)23-6-12-11(25-14(22)4-2)5-10(24-12)9-7-26-16-15(9)19-8-20-17(16)18/h7-8,10-12H,3-6H2,1-2H3,(H2,18,19,20)/t10-,11+,12-/m1/s1. The highest BCUT2D eigenvalue weighted by Crippen LogP contribution is 2.40. The summed E-state index contributed by atoms with van der Waals surface area (Å²) in [5.41, 5.74) is 7.51. The molecule has 2 aromatic rings. The Kier molecular flexibility index (Phi) is 5.67. The monoisotopic (exact) mass is 379 g/mol. The van der Waals surface area contributed by atoms with E-state index in [1.54, 1.807) is 13.8 Å². The maximum absolute atomic E-state index is 11.7. The van der Waals surface area contributed by atoms with Gasteiger partial charge < -0.3 is 19.9 Å². The van der Waals surface area contributed by atoms with Crippen LogP contribution in [0.25, 0.3) is 10.2 Å². The van der Waals surface area contributed by atoms with Crippen LogP contribution in [0.15, 0.2) is 11.7 Å². The third kappa shape index (κ3) is 3.78. The SMILES string of the molecule is CCC(=O)OC[C@H]1O[C@@H](c2csc3c(N)ncnc23)C[C@@H]1OC(=O)CC. The second kappa shape index (κ2) is 7.96. The molecule has 140 valence electrons. The van der Waals surface area contributed by atoms with Crippen molar-refractivity contribution in [3.05, 3.63) is 17.3 Å². The van der Waals surface area contributed by atoms with Crippen LogP contribution in [-0.4, -0.2) is 40.7 Å². The molecule has 8 nitrogen and oxygen atoms in total. The lowest BCUT2D eigenvalue weighted by Crippen LogP contribution is -2.31. The maximum Gasteiger partial charge on any atom is 0.305 e. The molecule has 0 aliphatic carbocycles. The van der Waals surface area contributed by atoms with Gasteiger partial charge in [-0.3, -0.25) is 9.59 Å². The van der Waals surface area contributed by atoms with Crippen molar-refractivity contribution >= 4 is 39.3 Å². The van der Waals surface area contributed by atoms with Gasteiger partial charge in [0.2, 0.25) is 0 Å². The molecule has 1 saturated heterocycles. The number of hydrogen-bond donors (Lipinski definition) is 1. The summed E-state index contributed by atoms with van der Waals surface area (Å²) in [6, 6.07) is 0. The number of nitrogens with zero attached hydrogens (tertiary/aromatic N) is 2. The third-order valence-electron chi connectivity index (χ3n) is 4.22. The molecule has 1 aliphatic heterocycles. The highest BCUT2D eigenvalue weighted by Gasteiger charge is 2.40. The molecular formula is C17H21N3O5S. The molecule has 9 heteroatoms. The third-order valence-corrected chi connectivity index (χ3v) is 5.23. The fourth-order valence-corrected chi connectivity index (χ4v) is 3.80. The molecule has 2 N–H and O–H groups in total. The molecule has 3 rings (SSSR count). The summed E-state index contributed by atoms with van der Waals surface area (Å²) in [4.78, 5) is 31.5. The van der Waals surface area contributed by atoms with Gasteiger partial charge in [-0.2, -0.15) is 0 Å². The van der Waals surface area contributed by atoms with Gasteiger partial charge in [0.1, 0.15) is 31.0 Å². The Morgan fingerprint density at radius 2 is 2.08 bits per heavy atom. The Labute approximate surface area is 154 Å². The van der Waals surface area contributed by atoms with Crippen LogP contribution in [0, 0.1) is 0 Å². The average molecular weight is 379 g/mol. The van der Waals surface area contributed by atoms with Crippen molar-refractivity contribution in [1.82, 2.24) is 9.97 Å². The smallest absolute Gasteiger partial charge is 0.305 e. The van der Waals surface area contributed by atoms with Crippen LogP contribution >= 0.6 is 11.3 Å². The van der Waals surface area contributed by atoms with Gasteiger partial charge in [-0.05, 0) is 5.38 Å². The zero-order valence-corrected chi connectivity index (χ0v) is 15.5. The number of thiophene rings is 1. The van der Waals surface area contributed by atoms with E-state index in [4.69, 9.17) is 19.9 Å². The van der Waals surface area contributed by atoms with Crippen molar-refractivity contribution in [3.63, 3.8) is 0 Å². The lowest BCUT2D eigenvalue weighted by atomic mass is 10.1. The van der Waals surface area contributed by atoms with Gasteiger partial charge in [-0.1, -0.05) is 13.8 Å². The predicted molar refractivity (Wildman–Crippen MR) is 95.5 cm³/mol. The first-order valence-electron chi connectivity index (χ1n) is 8.51. The van der Waals surface area contributed by atoms with Crippen LogP contribution in [0.4, 0.5) is 5.82 Å². The van der Waals surface area contributed by atoms with E-state index in [-0.39, 0.29) is 37.5 Å². The van der Waals surface area contributed by atoms with E-state index in [9.17, 15) is 9.59 Å². The molecule has 0 saturated carbocycles. The number of ether oxygens (including phenoxy) is 3. The summed E-state index contributed by atoms with van der Waals surface area (Å²) in [5.74, 6) is -0.210. The highest BCUT2D eigenvalue weighted by molar-refractivity contribution is 7.17. The number of carbonyl (C=O) groups is 2. The van der Waals surface area contributed by atoms with E-state index in [2.05, 4.69) is 9.97 Å². The summed E-state index contributed by atoms with van der Waals surface area (Å²) < 4.78 is 17.5. The molecule has 0 radical (unpaired) electrons. The Morgan fingerprint density at radius 3 is 2.81 bits per heavy atom. The predicted octanol–water partition coefficient (Wildman–Crippen LogP) is 2.38. The molecule has 0 bridgehead atoms. The Balaban J connectivity index is 1.80. The zero-order chi connectivity index (χ0) is 18.7. The molecule has 3 atom stereocenters. The van der Waals surface area contributed by atoms with Crippen LogP contribution in [0.2, 0.25) is 0 Å². The number of fused-ring (bicyclic) bond motifs is 1. The fourth-order valence-electron chi connectivity index (χ4n) is 2.83. The van der Waals surface area contributed by atoms with E-state index in [1.165, 1.54) is 17.7 Å². The molecular weight excluding hydrogens is 358 g/mol. The van der Waals surface area contributed by atoms with Gasteiger partial charge in [0, 0.05) is 24.8 Å². The van der Waals surface area contributed by atoms with E-state index in [0.717, 1.165) is 15.8 Å². The van der Waals surface area contributed by atoms with Gasteiger partial charge in [-0.25, -0.2) is 9.97 Å². The molecule has 0 aromatic carbocycles. The molecule has 0 unspecified atom stereocenters. The van der Waals surface area contributed by atoms with E-state index in [1.807, 2.05) is 5.38 Å². The quantitative estimate of drug-likeness (QED) is 0.761. The number of aromatic nitrogens is 2. The Morgan fingerprint density at radius 1 is 1.31 bits per heavy atom. The minimum atomic E-state index is -0.514. The van der Waals surface area contributed by atoms with Crippen LogP contribution in [0.1, 0.15) is 44.8 Å². The van der Waals surface area contributed by atoms with Crippen molar-refractivity contribution < 1.29 is 23.8 Å². The number of esters is 2. The zero-order valence-electron chi connectivity index (χ0n) is 14.6. The lowest BCUT2D eigenvalue weighted by Gasteiger charge is -2.18.